The lowest BCUT2D eigenvalue weighted by Crippen LogP contribution is -1.94. The monoisotopic (exact) mass is 591 g/mol. The van der Waals surface area contributed by atoms with E-state index in [1.807, 2.05) is 11.3 Å². The Hall–Kier alpha value is -5.64. The van der Waals surface area contributed by atoms with Gasteiger partial charge in [-0.25, -0.2) is 0 Å². The van der Waals surface area contributed by atoms with Gasteiger partial charge in [0.05, 0.1) is 15.7 Å². The van der Waals surface area contributed by atoms with E-state index in [0.29, 0.717) is 0 Å². The van der Waals surface area contributed by atoms with Gasteiger partial charge < -0.3 is 8.98 Å². The average Bonchev–Trinajstić information content (AvgIpc) is 3.78. The predicted molar refractivity (Wildman–Crippen MR) is 192 cm³/mol. The molecule has 0 aliphatic carbocycles. The number of benzene rings is 7. The van der Waals surface area contributed by atoms with Crippen LogP contribution in [0.2, 0.25) is 0 Å². The molecule has 0 aliphatic heterocycles. The fourth-order valence-corrected chi connectivity index (χ4v) is 8.56. The number of hydrogen-bond donors (Lipinski definition) is 0. The Balaban J connectivity index is 1.31. The molecule has 0 unspecified atom stereocenters. The van der Waals surface area contributed by atoms with E-state index < -0.39 is 0 Å². The number of aromatic nitrogens is 1. The molecule has 0 saturated carbocycles. The highest BCUT2D eigenvalue weighted by atomic mass is 32.1. The average molecular weight is 592 g/mol. The topological polar surface area (TPSA) is 18.1 Å². The van der Waals surface area contributed by atoms with Crippen LogP contribution in [0.15, 0.2) is 156 Å². The Morgan fingerprint density at radius 3 is 1.98 bits per heavy atom. The summed E-state index contributed by atoms with van der Waals surface area (Å²) in [4.78, 5) is 0. The minimum absolute atomic E-state index is 0.911. The van der Waals surface area contributed by atoms with Crippen molar-refractivity contribution in [2.75, 3.05) is 0 Å². The van der Waals surface area contributed by atoms with Crippen LogP contribution < -0.4 is 0 Å². The van der Waals surface area contributed by atoms with Crippen LogP contribution in [0.5, 0.6) is 0 Å². The highest BCUT2D eigenvalue weighted by Crippen LogP contribution is 2.48. The number of hydrogen-bond acceptors (Lipinski definition) is 2. The van der Waals surface area contributed by atoms with E-state index in [9.17, 15) is 0 Å². The first-order valence-electron chi connectivity index (χ1n) is 15.3. The largest absolute Gasteiger partial charge is 0.455 e. The number of furan rings is 1. The van der Waals surface area contributed by atoms with Crippen LogP contribution in [-0.2, 0) is 0 Å². The van der Waals surface area contributed by atoms with Crippen molar-refractivity contribution in [3.05, 3.63) is 152 Å². The molecule has 0 spiro atoms. The Kier molecular flexibility index (Phi) is 5.19. The van der Waals surface area contributed by atoms with Gasteiger partial charge in [0.15, 0.2) is 0 Å². The Morgan fingerprint density at radius 2 is 1.13 bits per heavy atom. The van der Waals surface area contributed by atoms with Gasteiger partial charge in [0.25, 0.3) is 0 Å². The third-order valence-electron chi connectivity index (χ3n) is 9.21. The van der Waals surface area contributed by atoms with Crippen molar-refractivity contribution >= 4 is 75.3 Å². The normalized spacial score (nSPS) is 12.0. The van der Waals surface area contributed by atoms with Gasteiger partial charge in [0.1, 0.15) is 11.2 Å². The number of thiophene rings is 1. The summed E-state index contributed by atoms with van der Waals surface area (Å²) in [6.45, 7) is 0. The molecular weight excluding hydrogens is 567 g/mol. The molecular formula is C42H25NOS. The van der Waals surface area contributed by atoms with Crippen molar-refractivity contribution in [2.45, 2.75) is 0 Å². The fourth-order valence-electron chi connectivity index (χ4n) is 7.31. The molecule has 210 valence electrons. The van der Waals surface area contributed by atoms with Crippen LogP contribution in [0.4, 0.5) is 0 Å². The third kappa shape index (κ3) is 3.50. The number of para-hydroxylation sites is 2. The second kappa shape index (κ2) is 9.43. The van der Waals surface area contributed by atoms with Gasteiger partial charge in [0.2, 0.25) is 0 Å². The molecule has 0 N–H and O–H groups in total. The van der Waals surface area contributed by atoms with Crippen LogP contribution in [0.1, 0.15) is 0 Å². The molecule has 0 bridgehead atoms. The predicted octanol–water partition coefficient (Wildman–Crippen LogP) is 12.4. The summed E-state index contributed by atoms with van der Waals surface area (Å²) in [5, 5.41) is 7.22. The van der Waals surface area contributed by atoms with E-state index in [1.165, 1.54) is 64.5 Å². The van der Waals surface area contributed by atoms with Gasteiger partial charge in [-0.15, -0.1) is 11.3 Å². The molecule has 0 fully saturated rings. The summed E-state index contributed by atoms with van der Waals surface area (Å²) < 4.78 is 11.7. The third-order valence-corrected chi connectivity index (χ3v) is 10.4. The molecule has 0 radical (unpaired) electrons. The van der Waals surface area contributed by atoms with Gasteiger partial charge in [-0.1, -0.05) is 115 Å². The van der Waals surface area contributed by atoms with E-state index in [4.69, 9.17) is 4.42 Å². The van der Waals surface area contributed by atoms with Crippen LogP contribution in [0, 0.1) is 0 Å². The molecule has 45 heavy (non-hydrogen) atoms. The van der Waals surface area contributed by atoms with Crippen LogP contribution in [0.3, 0.4) is 0 Å². The maximum absolute atomic E-state index is 6.59. The fraction of sp³-hybridized carbons (Fsp3) is 0. The van der Waals surface area contributed by atoms with Crippen molar-refractivity contribution in [1.82, 2.24) is 4.57 Å². The maximum atomic E-state index is 6.59. The molecule has 0 amide bonds. The maximum Gasteiger partial charge on any atom is 0.143 e. The van der Waals surface area contributed by atoms with Crippen molar-refractivity contribution in [3.8, 4) is 27.9 Å². The summed E-state index contributed by atoms with van der Waals surface area (Å²) >= 11 is 1.89. The van der Waals surface area contributed by atoms with Crippen molar-refractivity contribution in [3.63, 3.8) is 0 Å². The van der Waals surface area contributed by atoms with Crippen LogP contribution >= 0.6 is 11.3 Å². The second-order valence-corrected chi connectivity index (χ2v) is 12.7. The Labute approximate surface area is 263 Å². The van der Waals surface area contributed by atoms with E-state index in [1.54, 1.807) is 0 Å². The number of rotatable bonds is 3. The Bertz CT molecular complexity index is 2760. The molecule has 3 heterocycles. The zero-order chi connectivity index (χ0) is 29.5. The second-order valence-electron chi connectivity index (χ2n) is 11.6. The summed E-state index contributed by atoms with van der Waals surface area (Å²) in [6.07, 6.45) is 0. The summed E-state index contributed by atoms with van der Waals surface area (Å²) in [7, 11) is 0. The van der Waals surface area contributed by atoms with Gasteiger partial charge in [-0.05, 0) is 64.0 Å². The first kappa shape index (κ1) is 24.8. The zero-order valence-corrected chi connectivity index (χ0v) is 25.0. The van der Waals surface area contributed by atoms with E-state index in [2.05, 4.69) is 156 Å². The van der Waals surface area contributed by atoms with Crippen molar-refractivity contribution in [2.24, 2.45) is 0 Å². The minimum Gasteiger partial charge on any atom is -0.455 e. The minimum atomic E-state index is 0.911. The first-order valence-corrected chi connectivity index (χ1v) is 16.1. The molecule has 10 rings (SSSR count). The van der Waals surface area contributed by atoms with Crippen molar-refractivity contribution < 1.29 is 4.42 Å². The Morgan fingerprint density at radius 1 is 0.467 bits per heavy atom. The highest BCUT2D eigenvalue weighted by molar-refractivity contribution is 7.26. The van der Waals surface area contributed by atoms with Gasteiger partial charge in [0, 0.05) is 37.3 Å². The molecule has 0 aliphatic rings. The van der Waals surface area contributed by atoms with Crippen LogP contribution in [0.25, 0.3) is 91.9 Å². The smallest absolute Gasteiger partial charge is 0.143 e. The zero-order valence-electron chi connectivity index (χ0n) is 24.2. The SMILES string of the molecule is c1ccc(-n2c3ccccc3c3sc4cccc(-c5ccccc5-c5cccc6oc7c8ccccc8ccc7c56)c4c32)cc1. The summed E-state index contributed by atoms with van der Waals surface area (Å²) in [5.74, 6) is 0. The quantitative estimate of drug-likeness (QED) is 0.200. The molecule has 7 aromatic carbocycles. The lowest BCUT2D eigenvalue weighted by atomic mass is 9.90. The van der Waals surface area contributed by atoms with E-state index in [-0.39, 0.29) is 0 Å². The van der Waals surface area contributed by atoms with E-state index in [0.717, 1.165) is 27.3 Å². The van der Waals surface area contributed by atoms with Crippen LogP contribution in [-0.4, -0.2) is 4.57 Å². The lowest BCUT2D eigenvalue weighted by Gasteiger charge is -2.14. The molecule has 2 nitrogen and oxygen atoms in total. The standard InChI is InChI=1S/C42H25NOS/c1-2-13-27(14-3-1)43-35-21-9-8-18-33(35)42-40(43)39-32(20-11-23-37(39)45-42)30-17-7-6-16-29(30)31-19-10-22-36-38(31)34-25-24-26-12-4-5-15-28(26)41(34)44-36/h1-25H. The molecule has 0 atom stereocenters. The first-order chi connectivity index (χ1) is 22.3. The van der Waals surface area contributed by atoms with Gasteiger partial charge in [-0.3, -0.25) is 0 Å². The van der Waals surface area contributed by atoms with E-state index >= 15 is 0 Å². The number of nitrogens with zero attached hydrogens (tertiary/aromatic N) is 1. The molecule has 0 saturated heterocycles. The molecule has 3 heteroatoms. The molecule has 3 aromatic heterocycles. The summed E-state index contributed by atoms with van der Waals surface area (Å²) in [6, 6.07) is 54.5. The highest BCUT2D eigenvalue weighted by Gasteiger charge is 2.22. The van der Waals surface area contributed by atoms with Crippen molar-refractivity contribution in [1.29, 1.82) is 0 Å². The number of fused-ring (bicyclic) bond motifs is 10. The van der Waals surface area contributed by atoms with Gasteiger partial charge >= 0.3 is 0 Å². The summed E-state index contributed by atoms with van der Waals surface area (Å²) in [5.41, 5.74) is 10.4. The molecule has 10 aromatic rings. The van der Waals surface area contributed by atoms with Gasteiger partial charge in [-0.2, -0.15) is 0 Å². The lowest BCUT2D eigenvalue weighted by molar-refractivity contribution is 0.673.